The molecule has 0 aliphatic heterocycles. The Morgan fingerprint density at radius 1 is 1.19 bits per heavy atom. The summed E-state index contributed by atoms with van der Waals surface area (Å²) in [6.07, 6.45) is 3.55. The largest absolute Gasteiger partial charge is 0.371 e. The molecule has 2 N–H and O–H groups in total. The van der Waals surface area contributed by atoms with Crippen LogP contribution < -0.4 is 10.6 Å². The van der Waals surface area contributed by atoms with Crippen LogP contribution in [0.2, 0.25) is 0 Å². The standard InChI is InChI=1S/C20H19N5O/c1-15(20(26)24-19-10-6-5-9-17(19)11-21)23-18-12-22-25(14-18)13-16-7-3-2-4-8-16/h2-10,12,14-15,23H,13H2,1H3,(H,24,26)/t15-/m1/s1. The zero-order valence-electron chi connectivity index (χ0n) is 14.4. The number of anilines is 2. The van der Waals surface area contributed by atoms with Gasteiger partial charge in [0.25, 0.3) is 0 Å². The molecule has 3 rings (SSSR count). The fourth-order valence-corrected chi connectivity index (χ4v) is 2.54. The van der Waals surface area contributed by atoms with Gasteiger partial charge in [-0.15, -0.1) is 0 Å². The van der Waals surface area contributed by atoms with Crippen LogP contribution in [-0.4, -0.2) is 21.7 Å². The molecule has 0 spiro atoms. The quantitative estimate of drug-likeness (QED) is 0.718. The lowest BCUT2D eigenvalue weighted by Crippen LogP contribution is -2.32. The SMILES string of the molecule is C[C@@H](Nc1cnn(Cc2ccccc2)c1)C(=O)Nc1ccccc1C#N. The number of nitrogens with one attached hydrogen (secondary N) is 2. The van der Waals surface area contributed by atoms with Gasteiger partial charge in [0.1, 0.15) is 12.1 Å². The highest BCUT2D eigenvalue weighted by Gasteiger charge is 2.15. The van der Waals surface area contributed by atoms with Gasteiger partial charge in [-0.1, -0.05) is 42.5 Å². The molecule has 2 aromatic carbocycles. The van der Waals surface area contributed by atoms with E-state index in [4.69, 9.17) is 5.26 Å². The lowest BCUT2D eigenvalue weighted by molar-refractivity contribution is -0.116. The second-order valence-electron chi connectivity index (χ2n) is 5.92. The van der Waals surface area contributed by atoms with Crippen molar-refractivity contribution in [2.24, 2.45) is 0 Å². The van der Waals surface area contributed by atoms with E-state index in [9.17, 15) is 4.79 Å². The molecular formula is C20H19N5O. The molecule has 0 bridgehead atoms. The fourth-order valence-electron chi connectivity index (χ4n) is 2.54. The van der Waals surface area contributed by atoms with Crippen molar-refractivity contribution in [2.75, 3.05) is 10.6 Å². The Balaban J connectivity index is 1.60. The molecule has 1 atom stereocenters. The van der Waals surface area contributed by atoms with Crippen LogP contribution in [0.25, 0.3) is 0 Å². The van der Waals surface area contributed by atoms with Gasteiger partial charge in [-0.25, -0.2) is 0 Å². The highest BCUT2D eigenvalue weighted by Crippen LogP contribution is 2.15. The first-order valence-electron chi connectivity index (χ1n) is 8.28. The Bertz CT molecular complexity index is 927. The van der Waals surface area contributed by atoms with Gasteiger partial charge < -0.3 is 10.6 Å². The minimum atomic E-state index is -0.476. The van der Waals surface area contributed by atoms with Gasteiger partial charge in [-0.3, -0.25) is 9.48 Å². The highest BCUT2D eigenvalue weighted by molar-refractivity contribution is 5.97. The number of amides is 1. The molecule has 0 saturated heterocycles. The monoisotopic (exact) mass is 345 g/mol. The predicted octanol–water partition coefficient (Wildman–Crippen LogP) is 3.24. The Morgan fingerprint density at radius 2 is 1.92 bits per heavy atom. The molecule has 0 aliphatic rings. The topological polar surface area (TPSA) is 82.7 Å². The van der Waals surface area contributed by atoms with Crippen molar-refractivity contribution < 1.29 is 4.79 Å². The summed E-state index contributed by atoms with van der Waals surface area (Å²) in [6, 6.07) is 18.5. The van der Waals surface area contributed by atoms with Gasteiger partial charge in [-0.2, -0.15) is 10.4 Å². The van der Waals surface area contributed by atoms with E-state index in [1.54, 1.807) is 37.4 Å². The maximum absolute atomic E-state index is 12.4. The van der Waals surface area contributed by atoms with E-state index < -0.39 is 6.04 Å². The number of hydrogen-bond acceptors (Lipinski definition) is 4. The molecule has 0 unspecified atom stereocenters. The van der Waals surface area contributed by atoms with Crippen LogP contribution in [0.3, 0.4) is 0 Å². The zero-order chi connectivity index (χ0) is 18.4. The summed E-state index contributed by atoms with van der Waals surface area (Å²) >= 11 is 0. The van der Waals surface area contributed by atoms with Gasteiger partial charge in [0, 0.05) is 6.20 Å². The van der Waals surface area contributed by atoms with Crippen molar-refractivity contribution in [1.82, 2.24) is 9.78 Å². The average Bonchev–Trinajstić information content (AvgIpc) is 3.09. The van der Waals surface area contributed by atoms with E-state index in [-0.39, 0.29) is 5.91 Å². The van der Waals surface area contributed by atoms with Crippen LogP contribution in [0.4, 0.5) is 11.4 Å². The van der Waals surface area contributed by atoms with Crippen LogP contribution in [-0.2, 0) is 11.3 Å². The van der Waals surface area contributed by atoms with E-state index in [0.29, 0.717) is 17.8 Å². The number of rotatable bonds is 6. The maximum Gasteiger partial charge on any atom is 0.246 e. The van der Waals surface area contributed by atoms with Crippen LogP contribution >= 0.6 is 0 Å². The number of carbonyl (C=O) groups is 1. The number of carbonyl (C=O) groups excluding carboxylic acids is 1. The molecule has 6 heteroatoms. The first-order valence-corrected chi connectivity index (χ1v) is 8.28. The number of nitrogens with zero attached hydrogens (tertiary/aromatic N) is 3. The summed E-state index contributed by atoms with van der Waals surface area (Å²) in [7, 11) is 0. The Labute approximate surface area is 152 Å². The number of aromatic nitrogens is 2. The van der Waals surface area contributed by atoms with E-state index in [1.807, 2.05) is 41.2 Å². The molecule has 130 valence electrons. The fraction of sp³-hybridized carbons (Fsp3) is 0.150. The normalized spacial score (nSPS) is 11.4. The lowest BCUT2D eigenvalue weighted by Gasteiger charge is -2.14. The van der Waals surface area contributed by atoms with Gasteiger partial charge in [-0.05, 0) is 24.6 Å². The zero-order valence-corrected chi connectivity index (χ0v) is 14.4. The number of hydrogen-bond donors (Lipinski definition) is 2. The Kier molecular flexibility index (Phi) is 5.30. The number of nitriles is 1. The summed E-state index contributed by atoms with van der Waals surface area (Å²) in [5, 5.41) is 19.3. The van der Waals surface area contributed by atoms with Gasteiger partial charge in [0.15, 0.2) is 0 Å². The predicted molar refractivity (Wildman–Crippen MR) is 101 cm³/mol. The molecule has 0 aliphatic carbocycles. The van der Waals surface area contributed by atoms with Gasteiger partial charge in [0.2, 0.25) is 5.91 Å². The molecule has 26 heavy (non-hydrogen) atoms. The van der Waals surface area contributed by atoms with E-state index in [0.717, 1.165) is 11.3 Å². The molecule has 0 radical (unpaired) electrons. The third-order valence-corrected chi connectivity index (χ3v) is 3.90. The summed E-state index contributed by atoms with van der Waals surface area (Å²) in [6.45, 7) is 2.43. The van der Waals surface area contributed by atoms with Gasteiger partial charge >= 0.3 is 0 Å². The Hall–Kier alpha value is -3.59. The summed E-state index contributed by atoms with van der Waals surface area (Å²) in [4.78, 5) is 12.4. The summed E-state index contributed by atoms with van der Waals surface area (Å²) in [5.74, 6) is -0.219. The van der Waals surface area contributed by atoms with Crippen LogP contribution in [0, 0.1) is 11.3 Å². The van der Waals surface area contributed by atoms with Crippen molar-refractivity contribution in [3.05, 3.63) is 78.1 Å². The number of benzene rings is 2. The van der Waals surface area contributed by atoms with E-state index in [2.05, 4.69) is 21.8 Å². The summed E-state index contributed by atoms with van der Waals surface area (Å²) in [5.41, 5.74) is 2.86. The third-order valence-electron chi connectivity index (χ3n) is 3.90. The highest BCUT2D eigenvalue weighted by atomic mass is 16.2. The summed E-state index contributed by atoms with van der Waals surface area (Å²) < 4.78 is 1.81. The minimum absolute atomic E-state index is 0.219. The minimum Gasteiger partial charge on any atom is -0.371 e. The van der Waals surface area contributed by atoms with Crippen molar-refractivity contribution in [3.63, 3.8) is 0 Å². The molecular weight excluding hydrogens is 326 g/mol. The van der Waals surface area contributed by atoms with Crippen LogP contribution in [0.1, 0.15) is 18.1 Å². The van der Waals surface area contributed by atoms with Crippen molar-refractivity contribution in [2.45, 2.75) is 19.5 Å². The van der Waals surface area contributed by atoms with Crippen molar-refractivity contribution in [3.8, 4) is 6.07 Å². The lowest BCUT2D eigenvalue weighted by atomic mass is 10.2. The number of para-hydroxylation sites is 1. The van der Waals surface area contributed by atoms with E-state index in [1.165, 1.54) is 0 Å². The second-order valence-corrected chi connectivity index (χ2v) is 5.92. The van der Waals surface area contributed by atoms with E-state index >= 15 is 0 Å². The second kappa shape index (κ2) is 7.99. The molecule has 1 aromatic heterocycles. The van der Waals surface area contributed by atoms with Crippen LogP contribution in [0.15, 0.2) is 67.0 Å². The van der Waals surface area contributed by atoms with Crippen molar-refractivity contribution in [1.29, 1.82) is 5.26 Å². The molecule has 0 saturated carbocycles. The molecule has 1 heterocycles. The van der Waals surface area contributed by atoms with Gasteiger partial charge in [0.05, 0.1) is 29.7 Å². The van der Waals surface area contributed by atoms with Crippen molar-refractivity contribution >= 4 is 17.3 Å². The smallest absolute Gasteiger partial charge is 0.246 e. The maximum atomic E-state index is 12.4. The van der Waals surface area contributed by atoms with Crippen LogP contribution in [0.5, 0.6) is 0 Å². The Morgan fingerprint density at radius 3 is 2.69 bits per heavy atom. The molecule has 3 aromatic rings. The molecule has 6 nitrogen and oxygen atoms in total. The first-order chi connectivity index (χ1) is 12.7. The average molecular weight is 345 g/mol. The third kappa shape index (κ3) is 4.28. The molecule has 0 fully saturated rings. The first kappa shape index (κ1) is 17.2. The molecule has 1 amide bonds.